The third-order valence-corrected chi connectivity index (χ3v) is 11.2. The first-order valence-corrected chi connectivity index (χ1v) is 19.3. The average molecular weight is 743 g/mol. The molecular formula is C48H23B12N. The normalized spacial score (nSPS) is 11.1. The number of rotatable bonds is 8. The third-order valence-electron chi connectivity index (χ3n) is 11.2. The SMILES string of the molecule is [B]c1c([B])c(N(c2c([B])c([B])c(-c3ccccc3)c([B])c2[B])c2c([B])c([B])c(-c3ccc(-c4ccccc4)c(-c4ccccc4)c3)c([B])c2[B])c([B])c([B])c1-c1ccccc1. The predicted molar refractivity (Wildman–Crippen MR) is 273 cm³/mol. The second kappa shape index (κ2) is 17.0. The maximum Gasteiger partial charge on any atom is 0.115 e. The van der Waals surface area contributed by atoms with Gasteiger partial charge in [-0.2, -0.15) is 0 Å². The molecule has 0 saturated heterocycles. The lowest BCUT2D eigenvalue weighted by atomic mass is 9.61. The minimum Gasteiger partial charge on any atom is -0.314 e. The molecule has 0 aromatic heterocycles. The van der Waals surface area contributed by atoms with E-state index in [1.807, 2.05) is 127 Å². The topological polar surface area (TPSA) is 3.24 Å². The van der Waals surface area contributed by atoms with Gasteiger partial charge in [0.05, 0.1) is 0 Å². The molecule has 24 radical (unpaired) electrons. The maximum atomic E-state index is 7.14. The molecular weight excluding hydrogens is 720 g/mol. The summed E-state index contributed by atoms with van der Waals surface area (Å²) in [5, 5.41) is 0. The smallest absolute Gasteiger partial charge is 0.115 e. The van der Waals surface area contributed by atoms with Gasteiger partial charge in [-0.05, 0) is 61.7 Å². The van der Waals surface area contributed by atoms with Crippen LogP contribution < -0.4 is 70.5 Å². The van der Waals surface area contributed by atoms with Gasteiger partial charge in [-0.15, -0.1) is 0 Å². The Morgan fingerprint density at radius 3 is 0.803 bits per heavy atom. The fourth-order valence-corrected chi connectivity index (χ4v) is 8.07. The number of benzene rings is 8. The largest absolute Gasteiger partial charge is 0.314 e. The zero-order valence-electron chi connectivity index (χ0n) is 33.2. The summed E-state index contributed by atoms with van der Waals surface area (Å²) >= 11 is 0. The van der Waals surface area contributed by atoms with Gasteiger partial charge in [0.2, 0.25) is 0 Å². The lowest BCUT2D eigenvalue weighted by molar-refractivity contribution is 1.36. The van der Waals surface area contributed by atoms with Gasteiger partial charge in [0.15, 0.2) is 0 Å². The zero-order chi connectivity index (χ0) is 43.3. The van der Waals surface area contributed by atoms with Gasteiger partial charge in [-0.1, -0.05) is 199 Å². The second-order valence-electron chi connectivity index (χ2n) is 14.7. The van der Waals surface area contributed by atoms with Gasteiger partial charge in [-0.25, -0.2) is 0 Å². The van der Waals surface area contributed by atoms with Gasteiger partial charge in [0.1, 0.15) is 94.2 Å². The molecule has 0 fully saturated rings. The molecule has 8 rings (SSSR count). The van der Waals surface area contributed by atoms with Crippen molar-refractivity contribution in [2.45, 2.75) is 0 Å². The molecule has 256 valence electrons. The highest BCUT2D eigenvalue weighted by atomic mass is 15.2. The van der Waals surface area contributed by atoms with E-state index in [1.54, 1.807) is 0 Å². The molecule has 0 spiro atoms. The van der Waals surface area contributed by atoms with Crippen LogP contribution in [0.15, 0.2) is 140 Å². The monoisotopic (exact) mass is 745 g/mol. The second-order valence-corrected chi connectivity index (χ2v) is 14.7. The van der Waals surface area contributed by atoms with E-state index >= 15 is 0 Å². The van der Waals surface area contributed by atoms with Crippen LogP contribution in [0.4, 0.5) is 17.1 Å². The van der Waals surface area contributed by atoms with Crippen LogP contribution in [0, 0.1) is 0 Å². The molecule has 8 aromatic carbocycles. The number of hydrogen-bond donors (Lipinski definition) is 0. The molecule has 0 aliphatic carbocycles. The minimum absolute atomic E-state index is 0.00217. The number of hydrogen-bond acceptors (Lipinski definition) is 1. The van der Waals surface area contributed by atoms with Crippen LogP contribution in [-0.2, 0) is 0 Å². The maximum absolute atomic E-state index is 7.14. The molecule has 61 heavy (non-hydrogen) atoms. The first-order chi connectivity index (χ1) is 29.3. The van der Waals surface area contributed by atoms with Crippen molar-refractivity contribution >= 4 is 177 Å². The first kappa shape index (κ1) is 42.0. The Hall–Kier alpha value is -5.66. The minimum atomic E-state index is -0.0127. The van der Waals surface area contributed by atoms with Crippen LogP contribution >= 0.6 is 0 Å². The van der Waals surface area contributed by atoms with Crippen molar-refractivity contribution in [2.24, 2.45) is 0 Å². The van der Waals surface area contributed by atoms with Crippen LogP contribution in [0.5, 0.6) is 0 Å². The van der Waals surface area contributed by atoms with Gasteiger partial charge >= 0.3 is 0 Å². The van der Waals surface area contributed by atoms with E-state index in [9.17, 15) is 0 Å². The summed E-state index contributed by atoms with van der Waals surface area (Å²) in [7, 11) is 83.9. The Balaban J connectivity index is 1.43. The van der Waals surface area contributed by atoms with Crippen molar-refractivity contribution in [3.63, 3.8) is 0 Å². The Morgan fingerprint density at radius 1 is 0.230 bits per heavy atom. The van der Waals surface area contributed by atoms with E-state index in [0.29, 0.717) is 33.4 Å². The summed E-state index contributed by atoms with van der Waals surface area (Å²) in [5.74, 6) is 0. The van der Waals surface area contributed by atoms with Gasteiger partial charge in [0, 0.05) is 17.1 Å². The molecule has 0 aliphatic heterocycles. The standard InChI is InChI=1S/C48H23B12N/c49-34-31(26-17-9-3-10-18-26)35(50)41(56)46(40(34)55)61(47-42(57)36(51)32(37(52)43(47)58)27-19-11-4-12-20-27)48-44(59)38(53)33(39(54)45(48)60)28-21-22-29(24-13-5-1-6-14-24)30(23-28)25-15-7-2-8-16-25/h1-23H. The Labute approximate surface area is 374 Å². The van der Waals surface area contributed by atoms with Gasteiger partial charge in [0.25, 0.3) is 0 Å². The van der Waals surface area contributed by atoms with Crippen LogP contribution in [0.2, 0.25) is 0 Å². The summed E-state index contributed by atoms with van der Waals surface area (Å²) in [6, 6.07) is 44.4. The van der Waals surface area contributed by atoms with E-state index < -0.39 is 0 Å². The summed E-state index contributed by atoms with van der Waals surface area (Å²) < 4.78 is 0. The summed E-state index contributed by atoms with van der Waals surface area (Å²) in [6.45, 7) is 0. The quantitative estimate of drug-likeness (QED) is 0.181. The Kier molecular flexibility index (Phi) is 11.7. The lowest BCUT2D eigenvalue weighted by Gasteiger charge is -2.40. The van der Waals surface area contributed by atoms with Crippen molar-refractivity contribution in [1.82, 2.24) is 0 Å². The van der Waals surface area contributed by atoms with E-state index in [2.05, 4.69) is 12.1 Å². The molecule has 0 N–H and O–H groups in total. The van der Waals surface area contributed by atoms with Crippen molar-refractivity contribution in [3.8, 4) is 55.6 Å². The molecule has 0 bridgehead atoms. The van der Waals surface area contributed by atoms with Crippen LogP contribution in [0.3, 0.4) is 0 Å². The van der Waals surface area contributed by atoms with E-state index in [0.717, 1.165) is 22.3 Å². The highest BCUT2D eigenvalue weighted by molar-refractivity contribution is 6.68. The predicted octanol–water partition coefficient (Wildman–Crippen LogP) is -0.983. The fourth-order valence-electron chi connectivity index (χ4n) is 8.07. The van der Waals surface area contributed by atoms with Crippen molar-refractivity contribution < 1.29 is 0 Å². The molecule has 1 nitrogen and oxygen atoms in total. The Morgan fingerprint density at radius 2 is 0.492 bits per heavy atom. The summed E-state index contributed by atoms with van der Waals surface area (Å²) in [6.07, 6.45) is 0. The van der Waals surface area contributed by atoms with E-state index in [4.69, 9.17) is 94.2 Å². The van der Waals surface area contributed by atoms with Crippen molar-refractivity contribution in [1.29, 1.82) is 0 Å². The highest BCUT2D eigenvalue weighted by Gasteiger charge is 2.29. The molecule has 0 aliphatic rings. The number of nitrogens with zero attached hydrogens (tertiary/aromatic N) is 1. The third kappa shape index (κ3) is 7.24. The fraction of sp³-hybridized carbons (Fsp3) is 0. The van der Waals surface area contributed by atoms with Crippen LogP contribution in [0.25, 0.3) is 55.6 Å². The van der Waals surface area contributed by atoms with Gasteiger partial charge in [-0.3, -0.25) is 0 Å². The van der Waals surface area contributed by atoms with Crippen LogP contribution in [-0.4, -0.2) is 94.2 Å². The molecule has 0 heterocycles. The van der Waals surface area contributed by atoms with E-state index in [1.165, 1.54) is 4.90 Å². The van der Waals surface area contributed by atoms with Crippen molar-refractivity contribution in [3.05, 3.63) is 140 Å². The summed E-state index contributed by atoms with van der Waals surface area (Å²) in [5.41, 5.74) is 7.90. The molecule has 0 atom stereocenters. The first-order valence-electron chi connectivity index (χ1n) is 19.3. The lowest BCUT2D eigenvalue weighted by Crippen LogP contribution is -2.54. The average Bonchev–Trinajstić information content (AvgIpc) is 3.28. The Bertz CT molecular complexity index is 2780. The van der Waals surface area contributed by atoms with E-state index in [-0.39, 0.29) is 82.6 Å². The molecule has 8 aromatic rings. The zero-order valence-corrected chi connectivity index (χ0v) is 33.2. The molecule has 13 heteroatoms. The highest BCUT2D eigenvalue weighted by Crippen LogP contribution is 2.36. The molecule has 0 saturated carbocycles. The van der Waals surface area contributed by atoms with Crippen molar-refractivity contribution in [2.75, 3.05) is 4.90 Å². The molecule has 0 unspecified atom stereocenters. The number of anilines is 3. The molecule has 0 amide bonds. The van der Waals surface area contributed by atoms with Gasteiger partial charge < -0.3 is 4.90 Å². The summed E-state index contributed by atoms with van der Waals surface area (Å²) in [4.78, 5) is 1.45. The van der Waals surface area contributed by atoms with Crippen LogP contribution in [0.1, 0.15) is 0 Å².